The van der Waals surface area contributed by atoms with Gasteiger partial charge in [-0.05, 0) is 46.2 Å². The molecular formula is C40H28N4OPt. The molecule has 0 saturated carbocycles. The topological polar surface area (TPSA) is 44.9 Å². The van der Waals surface area contributed by atoms with E-state index in [1.807, 2.05) is 36.7 Å². The second-order valence-corrected chi connectivity index (χ2v) is 13.3. The Morgan fingerprint density at radius 1 is 0.522 bits per heavy atom. The van der Waals surface area contributed by atoms with Crippen LogP contribution in [0.5, 0.6) is 11.5 Å². The van der Waals surface area contributed by atoms with Crippen molar-refractivity contribution in [3.8, 4) is 22.9 Å². The van der Waals surface area contributed by atoms with Crippen molar-refractivity contribution < 1.29 is 25.8 Å². The van der Waals surface area contributed by atoms with Crippen molar-refractivity contribution in [3.05, 3.63) is 132 Å². The van der Waals surface area contributed by atoms with Gasteiger partial charge in [-0.3, -0.25) is 0 Å². The molecule has 0 aliphatic carbocycles. The number of aromatic nitrogens is 4. The molecule has 224 valence electrons. The molecule has 2 aliphatic rings. The summed E-state index contributed by atoms with van der Waals surface area (Å²) in [7, 11) is 0. The third-order valence-corrected chi connectivity index (χ3v) is 10.3. The van der Waals surface area contributed by atoms with Crippen LogP contribution in [-0.4, -0.2) is 19.1 Å². The zero-order valence-electron chi connectivity index (χ0n) is 25.8. The number of nitrogens with zero attached hydrogens (tertiary/aromatic N) is 4. The summed E-state index contributed by atoms with van der Waals surface area (Å²) in [5, 5.41) is 4.70. The van der Waals surface area contributed by atoms with E-state index >= 15 is 0 Å². The van der Waals surface area contributed by atoms with Crippen molar-refractivity contribution in [2.45, 2.75) is 38.5 Å². The van der Waals surface area contributed by atoms with E-state index in [0.29, 0.717) is 11.5 Å². The summed E-state index contributed by atoms with van der Waals surface area (Å²) in [6.45, 7) is 9.15. The summed E-state index contributed by atoms with van der Waals surface area (Å²) < 4.78 is 11.1. The molecule has 0 atom stereocenters. The molecule has 4 aromatic carbocycles. The fourth-order valence-electron chi connectivity index (χ4n) is 8.05. The molecule has 5 nitrogen and oxygen atoms in total. The van der Waals surface area contributed by atoms with Gasteiger partial charge < -0.3 is 13.9 Å². The molecular weight excluding hydrogens is 748 g/mol. The van der Waals surface area contributed by atoms with Crippen LogP contribution in [0, 0.1) is 12.1 Å². The summed E-state index contributed by atoms with van der Waals surface area (Å²) in [4.78, 5) is 9.66. The normalized spacial score (nSPS) is 15.1. The van der Waals surface area contributed by atoms with Crippen LogP contribution >= 0.6 is 0 Å². The van der Waals surface area contributed by atoms with Gasteiger partial charge >= 0.3 is 21.1 Å². The molecule has 10 rings (SSSR count). The average Bonchev–Trinajstić information content (AvgIpc) is 3.57. The molecule has 6 heteroatoms. The Balaban J connectivity index is 0.00000292. The molecule has 46 heavy (non-hydrogen) atoms. The summed E-state index contributed by atoms with van der Waals surface area (Å²) in [6, 6.07) is 37.3. The van der Waals surface area contributed by atoms with E-state index < -0.39 is 0 Å². The maximum Gasteiger partial charge on any atom is 2.00 e. The fourth-order valence-corrected chi connectivity index (χ4v) is 8.05. The van der Waals surface area contributed by atoms with Gasteiger partial charge in [-0.1, -0.05) is 75.5 Å². The van der Waals surface area contributed by atoms with E-state index in [9.17, 15) is 0 Å². The summed E-state index contributed by atoms with van der Waals surface area (Å²) in [5.74, 6) is 1.28. The molecule has 0 spiro atoms. The quantitative estimate of drug-likeness (QED) is 0.165. The molecule has 0 radical (unpaired) electrons. The van der Waals surface area contributed by atoms with E-state index in [4.69, 9.17) is 14.7 Å². The van der Waals surface area contributed by atoms with Gasteiger partial charge in [-0.15, -0.1) is 35.4 Å². The largest absolute Gasteiger partial charge is 2.00 e. The maximum atomic E-state index is 6.61. The van der Waals surface area contributed by atoms with E-state index in [0.717, 1.165) is 33.4 Å². The van der Waals surface area contributed by atoms with Crippen LogP contribution < -0.4 is 4.74 Å². The Hall–Kier alpha value is -4.73. The maximum absolute atomic E-state index is 6.61. The van der Waals surface area contributed by atoms with Gasteiger partial charge in [-0.25, -0.2) is 9.97 Å². The van der Waals surface area contributed by atoms with Crippen LogP contribution in [-0.2, 0) is 31.9 Å². The van der Waals surface area contributed by atoms with Crippen LogP contribution in [0.1, 0.15) is 49.9 Å². The van der Waals surface area contributed by atoms with Gasteiger partial charge in [0.1, 0.15) is 11.3 Å². The second-order valence-electron chi connectivity index (χ2n) is 13.3. The second kappa shape index (κ2) is 9.17. The van der Waals surface area contributed by atoms with Crippen molar-refractivity contribution in [2.75, 3.05) is 0 Å². The Morgan fingerprint density at radius 2 is 0.957 bits per heavy atom. The first-order chi connectivity index (χ1) is 21.8. The third-order valence-electron chi connectivity index (χ3n) is 10.3. The van der Waals surface area contributed by atoms with Crippen LogP contribution in [0.3, 0.4) is 0 Å². The van der Waals surface area contributed by atoms with Crippen molar-refractivity contribution >= 4 is 43.9 Å². The van der Waals surface area contributed by atoms with Crippen LogP contribution in [0.2, 0.25) is 0 Å². The summed E-state index contributed by atoms with van der Waals surface area (Å²) >= 11 is 0. The zero-order valence-corrected chi connectivity index (χ0v) is 28.0. The first-order valence-corrected chi connectivity index (χ1v) is 15.4. The van der Waals surface area contributed by atoms with Crippen molar-refractivity contribution in [3.63, 3.8) is 0 Å². The number of rotatable bonds is 2. The fraction of sp³-hybridized carbons (Fsp3) is 0.150. The monoisotopic (exact) mass is 775 g/mol. The van der Waals surface area contributed by atoms with E-state index in [1.165, 1.54) is 44.1 Å². The molecule has 0 bridgehead atoms. The number of fused-ring (bicyclic) bond motifs is 10. The minimum atomic E-state index is -0.209. The average molecular weight is 776 g/mol. The number of hydrogen-bond acceptors (Lipinski definition) is 3. The zero-order chi connectivity index (χ0) is 30.2. The molecule has 0 N–H and O–H groups in total. The predicted octanol–water partition coefficient (Wildman–Crippen LogP) is 9.34. The SMILES string of the molecule is CC1(C)c2ccc(Oc3[c-]c4c(cc3)C(C)(C)c3cccc5c6cccnc6n-4c35)[c-]c2-n2c3ncccc3c3cccc1c32.[Pt+2]. The van der Waals surface area contributed by atoms with E-state index in [-0.39, 0.29) is 31.9 Å². The molecule has 6 heterocycles. The third kappa shape index (κ3) is 3.34. The number of para-hydroxylation sites is 2. The summed E-state index contributed by atoms with van der Waals surface area (Å²) in [6.07, 6.45) is 3.73. The first-order valence-electron chi connectivity index (χ1n) is 15.4. The molecule has 4 aromatic heterocycles. The predicted molar refractivity (Wildman–Crippen MR) is 179 cm³/mol. The van der Waals surface area contributed by atoms with Gasteiger partial charge in [0, 0.05) is 45.4 Å². The van der Waals surface area contributed by atoms with Crippen LogP contribution in [0.15, 0.2) is 97.3 Å². The van der Waals surface area contributed by atoms with Gasteiger partial charge in [0.2, 0.25) is 0 Å². The number of hydrogen-bond donors (Lipinski definition) is 0. The van der Waals surface area contributed by atoms with Crippen LogP contribution in [0.4, 0.5) is 0 Å². The van der Waals surface area contributed by atoms with Gasteiger partial charge in [-0.2, -0.15) is 12.1 Å². The molecule has 0 fully saturated rings. The van der Waals surface area contributed by atoms with Gasteiger partial charge in [0.25, 0.3) is 0 Å². The Bertz CT molecular complexity index is 2410. The molecule has 2 aliphatic heterocycles. The number of ether oxygens (including phenoxy) is 1. The van der Waals surface area contributed by atoms with Crippen molar-refractivity contribution in [1.82, 2.24) is 19.1 Å². The Kier molecular flexibility index (Phi) is 5.50. The van der Waals surface area contributed by atoms with Gasteiger partial charge in [0.05, 0.1) is 11.0 Å². The standard InChI is InChI=1S/C40H28N4O.Pt/c1-39(2)29-17-15-23(21-33(29)43-35-25(9-5-13-31(35)39)27-11-7-19-41-37(27)43)45-24-16-18-30-34(22-24)44-36-26(28-12-8-20-42-38(28)44)10-6-14-32(36)40(30,3)4;/h5-20H,1-4H3;/q-2;+2. The summed E-state index contributed by atoms with van der Waals surface area (Å²) in [5.41, 5.74) is 10.7. The molecule has 8 aromatic rings. The minimum absolute atomic E-state index is 0. The number of pyridine rings is 2. The Morgan fingerprint density at radius 3 is 1.41 bits per heavy atom. The van der Waals surface area contributed by atoms with E-state index in [2.05, 4.69) is 110 Å². The van der Waals surface area contributed by atoms with Crippen molar-refractivity contribution in [1.29, 1.82) is 0 Å². The molecule has 0 saturated heterocycles. The van der Waals surface area contributed by atoms with Crippen molar-refractivity contribution in [2.24, 2.45) is 0 Å². The Labute approximate surface area is 280 Å². The smallest absolute Gasteiger partial charge is 0.509 e. The van der Waals surface area contributed by atoms with Gasteiger partial charge in [0.15, 0.2) is 0 Å². The number of benzene rings is 4. The molecule has 0 unspecified atom stereocenters. The molecule has 0 amide bonds. The van der Waals surface area contributed by atoms with E-state index in [1.54, 1.807) is 0 Å². The minimum Gasteiger partial charge on any atom is -0.509 e. The van der Waals surface area contributed by atoms with Crippen LogP contribution in [0.25, 0.3) is 55.2 Å². The first kappa shape index (κ1) is 27.6.